The average Bonchev–Trinajstić information content (AvgIpc) is 3.91. The highest BCUT2D eigenvalue weighted by molar-refractivity contribution is 5.89. The van der Waals surface area contributed by atoms with Crippen molar-refractivity contribution in [3.8, 4) is 0 Å². The molecule has 0 amide bonds. The number of carbonyl (C=O) groups is 2. The van der Waals surface area contributed by atoms with E-state index in [0.717, 1.165) is 16.7 Å². The topological polar surface area (TPSA) is 198 Å². The number of carbonyl (C=O) groups excluding carboxylic acids is 2. The van der Waals surface area contributed by atoms with Crippen molar-refractivity contribution in [1.82, 2.24) is 4.90 Å². The molecule has 1 aliphatic heterocycles. The molecule has 0 bridgehead atoms. The Kier molecular flexibility index (Phi) is 12.2. The van der Waals surface area contributed by atoms with Crippen molar-refractivity contribution in [3.05, 3.63) is 152 Å². The average molecular weight is 693 g/mol. The number of nitrogens with two attached hydrogens (primary N) is 1. The molecule has 1 saturated heterocycles. The molecule has 14 nitrogen and oxygen atoms in total. The lowest BCUT2D eigenvalue weighted by Gasteiger charge is -2.39. The number of azide groups is 2. The molecule has 3 aromatic carbocycles. The third kappa shape index (κ3) is 7.67. The van der Waals surface area contributed by atoms with Gasteiger partial charge in [-0.25, -0.2) is 9.59 Å². The van der Waals surface area contributed by atoms with Crippen LogP contribution in [0, 0.1) is 0 Å². The van der Waals surface area contributed by atoms with E-state index in [1.54, 1.807) is 6.08 Å². The van der Waals surface area contributed by atoms with E-state index in [1.807, 2.05) is 60.7 Å². The van der Waals surface area contributed by atoms with Crippen LogP contribution in [0.1, 0.15) is 29.5 Å². The van der Waals surface area contributed by atoms with Crippen LogP contribution in [0.15, 0.2) is 125 Å². The van der Waals surface area contributed by atoms with Crippen LogP contribution in [0.5, 0.6) is 0 Å². The van der Waals surface area contributed by atoms with Crippen LogP contribution in [-0.4, -0.2) is 81.3 Å². The molecule has 3 aliphatic rings. The Balaban J connectivity index is 0.000000238. The van der Waals surface area contributed by atoms with Gasteiger partial charge in [-0.15, -0.1) is 0 Å². The van der Waals surface area contributed by atoms with Crippen LogP contribution in [-0.2, 0) is 34.1 Å². The molecule has 2 aliphatic carbocycles. The van der Waals surface area contributed by atoms with Crippen LogP contribution in [0.2, 0.25) is 0 Å². The van der Waals surface area contributed by atoms with Crippen molar-refractivity contribution >= 4 is 11.9 Å². The Morgan fingerprint density at radius 2 is 1.22 bits per heavy atom. The van der Waals surface area contributed by atoms with Crippen molar-refractivity contribution in [2.45, 2.75) is 54.7 Å². The van der Waals surface area contributed by atoms with Gasteiger partial charge in [-0.3, -0.25) is 4.90 Å². The zero-order chi connectivity index (χ0) is 36.4. The fourth-order valence-corrected chi connectivity index (χ4v) is 7.10. The number of esters is 2. The zero-order valence-corrected chi connectivity index (χ0v) is 28.6. The first kappa shape index (κ1) is 36.8. The van der Waals surface area contributed by atoms with Crippen LogP contribution in [0.4, 0.5) is 0 Å². The van der Waals surface area contributed by atoms with E-state index in [-0.39, 0.29) is 37.3 Å². The molecule has 0 aromatic heterocycles. The Hall–Kier alpha value is -5.46. The lowest BCUT2D eigenvalue weighted by molar-refractivity contribution is -0.137. The molecule has 2 N–H and O–H groups in total. The van der Waals surface area contributed by atoms with Gasteiger partial charge in [0.1, 0.15) is 6.79 Å². The number of fused-ring (bicyclic) bond motifs is 1. The maximum Gasteiger partial charge on any atom is 0.333 e. The third-order valence-electron chi connectivity index (χ3n) is 9.35. The van der Waals surface area contributed by atoms with Gasteiger partial charge in [-0.1, -0.05) is 107 Å². The summed E-state index contributed by atoms with van der Waals surface area (Å²) in [7, 11) is 4.14. The molecule has 1 heterocycles. The number of benzene rings is 3. The summed E-state index contributed by atoms with van der Waals surface area (Å²) < 4.78 is 19.7. The first-order valence-electron chi connectivity index (χ1n) is 16.3. The first-order valence-corrected chi connectivity index (χ1v) is 16.3. The molecule has 6 rings (SSSR count). The first-order chi connectivity index (χ1) is 24.8. The van der Waals surface area contributed by atoms with Crippen LogP contribution in [0.3, 0.4) is 0 Å². The van der Waals surface area contributed by atoms with Crippen molar-refractivity contribution < 1.29 is 28.5 Å². The lowest BCUT2D eigenvalue weighted by Crippen LogP contribution is -2.48. The second kappa shape index (κ2) is 17.0. The minimum absolute atomic E-state index is 0.0325. The predicted octanol–water partition coefficient (Wildman–Crippen LogP) is 5.70. The van der Waals surface area contributed by atoms with E-state index in [9.17, 15) is 15.1 Å². The van der Waals surface area contributed by atoms with Crippen molar-refractivity contribution in [2.24, 2.45) is 16.0 Å². The second-order valence-corrected chi connectivity index (χ2v) is 12.1. The van der Waals surface area contributed by atoms with E-state index < -0.39 is 29.7 Å². The molecule has 1 unspecified atom stereocenters. The summed E-state index contributed by atoms with van der Waals surface area (Å²) in [5, 5.41) is 7.68. The smallest absolute Gasteiger partial charge is 0.333 e. The highest BCUT2D eigenvalue weighted by atomic mass is 16.7. The molecule has 14 heteroatoms. The number of hydrogen-bond acceptors (Lipinski definition) is 10. The van der Waals surface area contributed by atoms with Gasteiger partial charge in [0.15, 0.2) is 0 Å². The molecule has 51 heavy (non-hydrogen) atoms. The fourth-order valence-electron chi connectivity index (χ4n) is 7.10. The summed E-state index contributed by atoms with van der Waals surface area (Å²) in [5.74, 6) is -0.853. The van der Waals surface area contributed by atoms with Crippen molar-refractivity contribution in [3.63, 3.8) is 0 Å². The van der Waals surface area contributed by atoms with E-state index >= 15 is 0 Å². The van der Waals surface area contributed by atoms with E-state index in [2.05, 4.69) is 66.1 Å². The summed E-state index contributed by atoms with van der Waals surface area (Å²) in [5.41, 5.74) is 27.3. The number of methoxy groups -OCH3 is 3. The van der Waals surface area contributed by atoms with E-state index in [1.165, 1.54) is 21.3 Å². The Morgan fingerprint density at radius 3 is 1.67 bits per heavy atom. The summed E-state index contributed by atoms with van der Waals surface area (Å²) in [4.78, 5) is 32.1. The van der Waals surface area contributed by atoms with Gasteiger partial charge in [0.2, 0.25) is 0 Å². The van der Waals surface area contributed by atoms with Crippen LogP contribution >= 0.6 is 0 Å². The van der Waals surface area contributed by atoms with E-state index in [4.69, 9.17) is 25.5 Å². The maximum atomic E-state index is 12.4. The maximum absolute atomic E-state index is 12.4. The lowest BCUT2D eigenvalue weighted by atomic mass is 9.76. The molecule has 1 fully saturated rings. The molecular weight excluding hydrogens is 652 g/mol. The standard InChI is InChI=1S/C27H24N4O2.C10H16N4O4/c1-33-26(32)19-17-23(29-30-28)25-24(18-19)31(25)27(20-11-5-2-6-12-20,21-13-7-3-8-14-21)22-15-9-4-10-16-22;1-16-5-18-8-4-6(10(15)17-2)3-7(9(8)11)13-14-12/h2-16,18,23-25H,17H2,1H3;4,7-9H,3,5,11H2,1-2H3/t23-,24-,25+,31?;7-,8+,9+/m00/s1. The van der Waals surface area contributed by atoms with Crippen LogP contribution < -0.4 is 5.73 Å². The highest BCUT2D eigenvalue weighted by Gasteiger charge is 2.63. The van der Waals surface area contributed by atoms with Gasteiger partial charge in [0, 0.05) is 46.2 Å². The Morgan fingerprint density at radius 1 is 0.765 bits per heavy atom. The molecule has 0 spiro atoms. The van der Waals surface area contributed by atoms with Gasteiger partial charge in [0.05, 0.1) is 37.9 Å². The minimum atomic E-state index is -0.621. The van der Waals surface area contributed by atoms with Gasteiger partial charge < -0.3 is 24.7 Å². The van der Waals surface area contributed by atoms with Gasteiger partial charge in [-0.2, -0.15) is 0 Å². The fraction of sp³-hybridized carbons (Fsp3) is 0.351. The molecule has 264 valence electrons. The molecular formula is C37H40N8O6. The zero-order valence-electron chi connectivity index (χ0n) is 28.6. The quantitative estimate of drug-likeness (QED) is 0.0502. The molecule has 7 atom stereocenters. The Labute approximate surface area is 295 Å². The largest absolute Gasteiger partial charge is 0.466 e. The summed E-state index contributed by atoms with van der Waals surface area (Å²) in [6.07, 6.45) is 3.62. The Bertz CT molecular complexity index is 1730. The summed E-state index contributed by atoms with van der Waals surface area (Å²) in [6.45, 7) is 0.0340. The summed E-state index contributed by atoms with van der Waals surface area (Å²) >= 11 is 0. The normalized spacial score (nSPS) is 24.7. The number of rotatable bonds is 11. The highest BCUT2D eigenvalue weighted by Crippen LogP contribution is 2.55. The SMILES string of the molecule is COC(=O)C1=C[C@H]2[C@@H]([C@@H](N=[N+]=[N-])C1)N2C(c1ccccc1)(c1ccccc1)c1ccccc1.COCO[C@@H]1C=C(C(=O)OC)C[C@H](N=[N+]=[N-])[C@H]1N. The van der Waals surface area contributed by atoms with Crippen molar-refractivity contribution in [2.75, 3.05) is 28.1 Å². The molecule has 3 aromatic rings. The second-order valence-electron chi connectivity index (χ2n) is 12.1. The third-order valence-corrected chi connectivity index (χ3v) is 9.35. The van der Waals surface area contributed by atoms with Gasteiger partial charge in [-0.05, 0) is 46.7 Å². The monoisotopic (exact) mass is 692 g/mol. The summed E-state index contributed by atoms with van der Waals surface area (Å²) in [6, 6.07) is 29.6. The minimum Gasteiger partial charge on any atom is -0.466 e. The molecule has 0 radical (unpaired) electrons. The van der Waals surface area contributed by atoms with E-state index in [0.29, 0.717) is 17.6 Å². The predicted molar refractivity (Wildman–Crippen MR) is 189 cm³/mol. The van der Waals surface area contributed by atoms with Crippen molar-refractivity contribution in [1.29, 1.82) is 0 Å². The molecule has 0 saturated carbocycles. The number of hydrogen-bond donors (Lipinski definition) is 1. The van der Waals surface area contributed by atoms with Gasteiger partial charge in [0.25, 0.3) is 0 Å². The van der Waals surface area contributed by atoms with Crippen LogP contribution in [0.25, 0.3) is 20.9 Å². The number of nitrogens with zero attached hydrogens (tertiary/aromatic N) is 7. The number of ether oxygens (including phenoxy) is 4. The van der Waals surface area contributed by atoms with Gasteiger partial charge >= 0.3 is 11.9 Å².